The summed E-state index contributed by atoms with van der Waals surface area (Å²) >= 11 is 0. The third-order valence-electron chi connectivity index (χ3n) is 4.43. The highest BCUT2D eigenvalue weighted by Gasteiger charge is 2.31. The van der Waals surface area contributed by atoms with Crippen LogP contribution in [0.2, 0.25) is 0 Å². The van der Waals surface area contributed by atoms with Gasteiger partial charge in [-0.3, -0.25) is 0 Å². The first kappa shape index (κ1) is 16.1. The molecule has 0 amide bonds. The second kappa shape index (κ2) is 9.01. The monoisotopic (exact) mass is 261 g/mol. The molecule has 1 rings (SSSR count). The molecule has 1 aliphatic carbocycles. The third kappa shape index (κ3) is 4.89. The van der Waals surface area contributed by atoms with Gasteiger partial charge in [0.1, 0.15) is 0 Å². The van der Waals surface area contributed by atoms with E-state index in [-0.39, 0.29) is 0 Å². The number of allylic oxidation sites excluding steroid dienone is 4. The van der Waals surface area contributed by atoms with E-state index in [4.69, 9.17) is 0 Å². The Morgan fingerprint density at radius 3 is 2.68 bits per heavy atom. The molecule has 0 bridgehead atoms. The molecule has 0 radical (unpaired) electrons. The molecular formula is C18H31N. The molecule has 1 fully saturated rings. The first-order valence-corrected chi connectivity index (χ1v) is 7.98. The van der Waals surface area contributed by atoms with Gasteiger partial charge in [0.05, 0.1) is 0 Å². The Balaban J connectivity index is 2.71. The summed E-state index contributed by atoms with van der Waals surface area (Å²) in [6, 6.07) is 0.652. The summed E-state index contributed by atoms with van der Waals surface area (Å²) < 4.78 is 0. The van der Waals surface area contributed by atoms with Gasteiger partial charge in [0.25, 0.3) is 0 Å². The highest BCUT2D eigenvalue weighted by atomic mass is 14.9. The van der Waals surface area contributed by atoms with Crippen molar-refractivity contribution >= 4 is 0 Å². The van der Waals surface area contributed by atoms with E-state index in [1.807, 2.05) is 12.2 Å². The highest BCUT2D eigenvalue weighted by molar-refractivity contribution is 5.20. The predicted octanol–water partition coefficient (Wildman–Crippen LogP) is 5.22. The second-order valence-electron chi connectivity index (χ2n) is 5.64. The zero-order valence-corrected chi connectivity index (χ0v) is 13.0. The predicted molar refractivity (Wildman–Crippen MR) is 86.0 cm³/mol. The number of nitrogens with one attached hydrogen (secondary N) is 1. The van der Waals surface area contributed by atoms with E-state index in [1.54, 1.807) is 0 Å². The Hall–Kier alpha value is -0.980. The van der Waals surface area contributed by atoms with E-state index in [0.717, 1.165) is 11.8 Å². The van der Waals surface area contributed by atoms with Crippen LogP contribution in [0.3, 0.4) is 0 Å². The maximum absolute atomic E-state index is 3.77. The molecule has 0 spiro atoms. The van der Waals surface area contributed by atoms with Crippen LogP contribution in [0.1, 0.15) is 59.3 Å². The lowest BCUT2D eigenvalue weighted by atomic mass is 9.72. The van der Waals surface area contributed by atoms with Gasteiger partial charge in [-0.25, -0.2) is 0 Å². The van der Waals surface area contributed by atoms with Gasteiger partial charge in [0.2, 0.25) is 0 Å². The van der Waals surface area contributed by atoms with E-state index in [1.165, 1.54) is 44.2 Å². The summed E-state index contributed by atoms with van der Waals surface area (Å²) in [7, 11) is 0. The summed E-state index contributed by atoms with van der Waals surface area (Å²) in [5, 5.41) is 3.77. The lowest BCUT2D eigenvalue weighted by molar-refractivity contribution is 0.168. The van der Waals surface area contributed by atoms with Crippen molar-refractivity contribution in [2.24, 2.45) is 11.8 Å². The molecule has 0 saturated heterocycles. The van der Waals surface area contributed by atoms with E-state index in [9.17, 15) is 0 Å². The average Bonchev–Trinajstić information content (AvgIpc) is 2.45. The Morgan fingerprint density at radius 1 is 1.32 bits per heavy atom. The van der Waals surface area contributed by atoms with Crippen molar-refractivity contribution in [2.45, 2.75) is 65.3 Å². The Labute approximate surface area is 119 Å². The van der Waals surface area contributed by atoms with E-state index in [0.29, 0.717) is 6.04 Å². The molecule has 0 heterocycles. The fourth-order valence-electron chi connectivity index (χ4n) is 3.43. The van der Waals surface area contributed by atoms with Crippen LogP contribution < -0.4 is 5.32 Å². The molecule has 3 atom stereocenters. The highest BCUT2D eigenvalue weighted by Crippen LogP contribution is 2.35. The fourth-order valence-corrected chi connectivity index (χ4v) is 3.43. The molecule has 108 valence electrons. The maximum atomic E-state index is 3.77. The van der Waals surface area contributed by atoms with Crippen molar-refractivity contribution in [3.8, 4) is 0 Å². The van der Waals surface area contributed by atoms with Crippen LogP contribution in [0.25, 0.3) is 0 Å². The van der Waals surface area contributed by atoms with Crippen molar-refractivity contribution in [1.29, 1.82) is 0 Å². The average molecular weight is 261 g/mol. The van der Waals surface area contributed by atoms with Crippen molar-refractivity contribution < 1.29 is 0 Å². The minimum absolute atomic E-state index is 0.652. The number of rotatable bonds is 7. The molecule has 0 aromatic heterocycles. The van der Waals surface area contributed by atoms with Crippen LogP contribution in [-0.2, 0) is 0 Å². The van der Waals surface area contributed by atoms with Crippen molar-refractivity contribution in [3.05, 3.63) is 36.6 Å². The van der Waals surface area contributed by atoms with E-state index >= 15 is 0 Å². The van der Waals surface area contributed by atoms with E-state index < -0.39 is 0 Å². The van der Waals surface area contributed by atoms with Crippen molar-refractivity contribution in [1.82, 2.24) is 5.32 Å². The lowest BCUT2D eigenvalue weighted by Crippen LogP contribution is -2.41. The lowest BCUT2D eigenvalue weighted by Gasteiger charge is -2.39. The van der Waals surface area contributed by atoms with Gasteiger partial charge in [-0.2, -0.15) is 0 Å². The zero-order chi connectivity index (χ0) is 14.1. The fraction of sp³-hybridized carbons (Fsp3) is 0.667. The standard InChI is InChI=1S/C18H31N/c1-5-9-13-16(8-4)19-18-14-10-12-15(7-3)17(18)11-6-2/h5,8-9,13,15,17-19H,1,6-7,10-12,14H2,2-4H3/b13-9-,16-8+/t15?,17?,18-/m1/s1. The summed E-state index contributed by atoms with van der Waals surface area (Å²) in [4.78, 5) is 0. The SMILES string of the molecule is C=C/C=C\C(=C/C)N[C@@H]1CCCC(CC)C1CCC. The zero-order valence-electron chi connectivity index (χ0n) is 13.0. The van der Waals surface area contributed by atoms with Crippen molar-refractivity contribution in [2.75, 3.05) is 0 Å². The molecule has 1 saturated carbocycles. The number of hydrogen-bond acceptors (Lipinski definition) is 1. The molecule has 1 N–H and O–H groups in total. The normalized spacial score (nSPS) is 28.6. The molecule has 1 aliphatic rings. The smallest absolute Gasteiger partial charge is 0.0299 e. The molecule has 2 unspecified atom stereocenters. The van der Waals surface area contributed by atoms with Gasteiger partial charge in [-0.1, -0.05) is 64.3 Å². The van der Waals surface area contributed by atoms with Crippen LogP contribution in [0.5, 0.6) is 0 Å². The molecule has 1 heteroatoms. The minimum atomic E-state index is 0.652. The summed E-state index contributed by atoms with van der Waals surface area (Å²) in [6.07, 6.45) is 16.2. The molecule has 0 aromatic carbocycles. The van der Waals surface area contributed by atoms with Gasteiger partial charge in [-0.15, -0.1) is 0 Å². The minimum Gasteiger partial charge on any atom is -0.382 e. The van der Waals surface area contributed by atoms with E-state index in [2.05, 4.69) is 44.8 Å². The third-order valence-corrected chi connectivity index (χ3v) is 4.43. The van der Waals surface area contributed by atoms with Gasteiger partial charge in [0.15, 0.2) is 0 Å². The summed E-state index contributed by atoms with van der Waals surface area (Å²) in [5.74, 6) is 1.75. The number of hydrogen-bond donors (Lipinski definition) is 1. The second-order valence-corrected chi connectivity index (χ2v) is 5.64. The Kier molecular flexibility index (Phi) is 7.62. The van der Waals surface area contributed by atoms with Crippen LogP contribution in [0, 0.1) is 11.8 Å². The quantitative estimate of drug-likeness (QED) is 0.620. The van der Waals surface area contributed by atoms with Gasteiger partial charge >= 0.3 is 0 Å². The maximum Gasteiger partial charge on any atom is 0.0299 e. The molecule has 19 heavy (non-hydrogen) atoms. The first-order chi connectivity index (χ1) is 9.26. The van der Waals surface area contributed by atoms with Gasteiger partial charge in [-0.05, 0) is 37.7 Å². The Morgan fingerprint density at radius 2 is 2.11 bits per heavy atom. The Bertz CT molecular complexity index is 314. The summed E-state index contributed by atoms with van der Waals surface area (Å²) in [6.45, 7) is 10.5. The largest absolute Gasteiger partial charge is 0.382 e. The van der Waals surface area contributed by atoms with Crippen LogP contribution in [0.4, 0.5) is 0 Å². The van der Waals surface area contributed by atoms with Crippen LogP contribution in [0.15, 0.2) is 36.6 Å². The van der Waals surface area contributed by atoms with Gasteiger partial charge in [0, 0.05) is 11.7 Å². The van der Waals surface area contributed by atoms with Crippen LogP contribution in [-0.4, -0.2) is 6.04 Å². The molecule has 0 aromatic rings. The topological polar surface area (TPSA) is 12.0 Å². The summed E-state index contributed by atoms with van der Waals surface area (Å²) in [5.41, 5.74) is 1.24. The molecule has 0 aliphatic heterocycles. The molecular weight excluding hydrogens is 230 g/mol. The molecule has 1 nitrogen and oxygen atoms in total. The first-order valence-electron chi connectivity index (χ1n) is 7.98. The van der Waals surface area contributed by atoms with Crippen LogP contribution >= 0.6 is 0 Å². The van der Waals surface area contributed by atoms with Crippen molar-refractivity contribution in [3.63, 3.8) is 0 Å². The van der Waals surface area contributed by atoms with Gasteiger partial charge < -0.3 is 5.32 Å².